The molecule has 20 heavy (non-hydrogen) atoms. The maximum atomic E-state index is 11.7. The molecular formula is C16H16N2O2. The smallest absolute Gasteiger partial charge is 0.314 e. The average Bonchev–Trinajstić information content (AvgIpc) is 2.46. The van der Waals surface area contributed by atoms with E-state index >= 15 is 0 Å². The molecule has 0 fully saturated rings. The van der Waals surface area contributed by atoms with Crippen LogP contribution in [0.4, 0.5) is 5.69 Å². The molecule has 0 aliphatic carbocycles. The van der Waals surface area contributed by atoms with Gasteiger partial charge in [0, 0.05) is 11.4 Å². The molecule has 1 aromatic rings. The highest BCUT2D eigenvalue weighted by Crippen LogP contribution is 2.04. The van der Waals surface area contributed by atoms with E-state index in [0.717, 1.165) is 0 Å². The summed E-state index contributed by atoms with van der Waals surface area (Å²) in [6.45, 7) is 7.07. The lowest BCUT2D eigenvalue weighted by Gasteiger charge is -2.06. The van der Waals surface area contributed by atoms with Gasteiger partial charge in [-0.05, 0) is 24.3 Å². The third-order valence-electron chi connectivity index (χ3n) is 2.21. The van der Waals surface area contributed by atoms with Crippen molar-refractivity contribution < 1.29 is 9.59 Å². The van der Waals surface area contributed by atoms with Crippen molar-refractivity contribution in [2.24, 2.45) is 0 Å². The minimum atomic E-state index is -0.754. The summed E-state index contributed by atoms with van der Waals surface area (Å²) >= 11 is 0. The van der Waals surface area contributed by atoms with Crippen LogP contribution >= 0.6 is 0 Å². The van der Waals surface area contributed by atoms with Crippen molar-refractivity contribution in [3.8, 4) is 0 Å². The molecule has 4 nitrogen and oxygen atoms in total. The molecule has 0 spiro atoms. The number of amides is 2. The van der Waals surface area contributed by atoms with E-state index in [4.69, 9.17) is 0 Å². The molecule has 2 amide bonds. The van der Waals surface area contributed by atoms with Gasteiger partial charge in [0.05, 0.1) is 0 Å². The molecule has 0 unspecified atom stereocenters. The van der Waals surface area contributed by atoms with Crippen LogP contribution in [0.3, 0.4) is 0 Å². The number of carbonyl (C=O) groups excluding carboxylic acids is 2. The molecule has 1 rings (SSSR count). The second kappa shape index (κ2) is 8.26. The molecule has 102 valence electrons. The molecule has 0 aromatic heterocycles. The Morgan fingerprint density at radius 3 is 2.30 bits per heavy atom. The van der Waals surface area contributed by atoms with E-state index in [1.165, 1.54) is 6.08 Å². The number of hydrogen-bond acceptors (Lipinski definition) is 2. The van der Waals surface area contributed by atoms with Crippen molar-refractivity contribution in [2.45, 2.75) is 0 Å². The molecule has 2 N–H and O–H groups in total. The minimum absolute atomic E-state index is 0.452. The summed E-state index contributed by atoms with van der Waals surface area (Å²) in [6.07, 6.45) is 7.91. The van der Waals surface area contributed by atoms with E-state index in [1.54, 1.807) is 48.6 Å². The van der Waals surface area contributed by atoms with Gasteiger partial charge in [0.2, 0.25) is 0 Å². The van der Waals surface area contributed by atoms with Crippen LogP contribution < -0.4 is 10.6 Å². The van der Waals surface area contributed by atoms with E-state index in [-0.39, 0.29) is 0 Å². The van der Waals surface area contributed by atoms with Gasteiger partial charge in [-0.2, -0.15) is 0 Å². The quantitative estimate of drug-likeness (QED) is 0.637. The van der Waals surface area contributed by atoms with Crippen LogP contribution in [0, 0.1) is 0 Å². The van der Waals surface area contributed by atoms with Crippen LogP contribution in [0.5, 0.6) is 0 Å². The Bertz CT molecular complexity index is 557. The molecule has 0 aliphatic heterocycles. The van der Waals surface area contributed by atoms with Gasteiger partial charge in [-0.25, -0.2) is 0 Å². The zero-order valence-electron chi connectivity index (χ0n) is 11.0. The SMILES string of the molecule is C=C/C=C\C(=C/C=C)NC(=O)C(=O)Nc1ccccc1. The van der Waals surface area contributed by atoms with Crippen molar-refractivity contribution in [2.75, 3.05) is 5.32 Å². The third kappa shape index (κ3) is 5.18. The van der Waals surface area contributed by atoms with Gasteiger partial charge >= 0.3 is 11.8 Å². The van der Waals surface area contributed by atoms with Crippen molar-refractivity contribution in [3.63, 3.8) is 0 Å². The van der Waals surface area contributed by atoms with E-state index in [0.29, 0.717) is 11.4 Å². The maximum absolute atomic E-state index is 11.7. The summed E-state index contributed by atoms with van der Waals surface area (Å²) < 4.78 is 0. The van der Waals surface area contributed by atoms with Crippen LogP contribution in [0.25, 0.3) is 0 Å². The zero-order chi connectivity index (χ0) is 14.8. The number of benzene rings is 1. The fraction of sp³-hybridized carbons (Fsp3) is 0. The number of hydrogen-bond donors (Lipinski definition) is 2. The monoisotopic (exact) mass is 268 g/mol. The Morgan fingerprint density at radius 2 is 1.70 bits per heavy atom. The van der Waals surface area contributed by atoms with Crippen LogP contribution in [-0.2, 0) is 9.59 Å². The fourth-order valence-corrected chi connectivity index (χ4v) is 1.33. The maximum Gasteiger partial charge on any atom is 0.314 e. The number of allylic oxidation sites excluding steroid dienone is 5. The average molecular weight is 268 g/mol. The summed E-state index contributed by atoms with van der Waals surface area (Å²) in [5.41, 5.74) is 1.01. The molecule has 1 aromatic carbocycles. The van der Waals surface area contributed by atoms with E-state index in [2.05, 4.69) is 23.8 Å². The summed E-state index contributed by atoms with van der Waals surface area (Å²) in [7, 11) is 0. The fourth-order valence-electron chi connectivity index (χ4n) is 1.33. The Balaban J connectivity index is 2.67. The van der Waals surface area contributed by atoms with Crippen LogP contribution in [0.15, 0.2) is 79.6 Å². The van der Waals surface area contributed by atoms with Crippen molar-refractivity contribution in [1.29, 1.82) is 0 Å². The van der Waals surface area contributed by atoms with Crippen molar-refractivity contribution >= 4 is 17.5 Å². The lowest BCUT2D eigenvalue weighted by molar-refractivity contribution is -0.135. The lowest BCUT2D eigenvalue weighted by atomic mass is 10.3. The Morgan fingerprint density at radius 1 is 1.00 bits per heavy atom. The number of rotatable bonds is 5. The van der Waals surface area contributed by atoms with Gasteiger partial charge in [-0.15, -0.1) is 0 Å². The van der Waals surface area contributed by atoms with Crippen LogP contribution in [0.2, 0.25) is 0 Å². The summed E-state index contributed by atoms with van der Waals surface area (Å²) in [6, 6.07) is 8.75. The molecule has 0 heterocycles. The predicted molar refractivity (Wildman–Crippen MR) is 80.8 cm³/mol. The Kier molecular flexibility index (Phi) is 6.27. The van der Waals surface area contributed by atoms with Crippen LogP contribution in [-0.4, -0.2) is 11.8 Å². The van der Waals surface area contributed by atoms with E-state index in [9.17, 15) is 9.59 Å². The Labute approximate surface area is 118 Å². The predicted octanol–water partition coefficient (Wildman–Crippen LogP) is 2.55. The van der Waals surface area contributed by atoms with Crippen molar-refractivity contribution in [1.82, 2.24) is 5.32 Å². The summed E-state index contributed by atoms with van der Waals surface area (Å²) in [5.74, 6) is -1.49. The number of anilines is 1. The Hall–Kier alpha value is -2.88. The topological polar surface area (TPSA) is 58.2 Å². The second-order valence-electron chi connectivity index (χ2n) is 3.73. The highest BCUT2D eigenvalue weighted by molar-refractivity contribution is 6.40. The lowest BCUT2D eigenvalue weighted by Crippen LogP contribution is -2.34. The van der Waals surface area contributed by atoms with Gasteiger partial charge < -0.3 is 10.6 Å². The number of carbonyl (C=O) groups is 2. The van der Waals surface area contributed by atoms with Gasteiger partial charge in [0.1, 0.15) is 0 Å². The minimum Gasteiger partial charge on any atom is -0.318 e. The number of nitrogens with one attached hydrogen (secondary N) is 2. The molecule has 0 aliphatic rings. The first-order valence-electron chi connectivity index (χ1n) is 5.96. The summed E-state index contributed by atoms with van der Waals surface area (Å²) in [5, 5.41) is 4.97. The van der Waals surface area contributed by atoms with E-state index in [1.807, 2.05) is 6.07 Å². The zero-order valence-corrected chi connectivity index (χ0v) is 11.0. The summed E-state index contributed by atoms with van der Waals surface area (Å²) in [4.78, 5) is 23.4. The number of para-hydroxylation sites is 1. The van der Waals surface area contributed by atoms with Gasteiger partial charge in [0.15, 0.2) is 0 Å². The first-order chi connectivity index (χ1) is 9.67. The third-order valence-corrected chi connectivity index (χ3v) is 2.21. The highest BCUT2D eigenvalue weighted by Gasteiger charge is 2.13. The second-order valence-corrected chi connectivity index (χ2v) is 3.73. The molecule has 0 atom stereocenters. The molecule has 0 bridgehead atoms. The largest absolute Gasteiger partial charge is 0.318 e. The molecule has 0 radical (unpaired) electrons. The highest BCUT2D eigenvalue weighted by atomic mass is 16.2. The van der Waals surface area contributed by atoms with Gasteiger partial charge in [-0.3, -0.25) is 9.59 Å². The first-order valence-corrected chi connectivity index (χ1v) is 5.96. The van der Waals surface area contributed by atoms with Gasteiger partial charge in [0.25, 0.3) is 0 Å². The van der Waals surface area contributed by atoms with E-state index < -0.39 is 11.8 Å². The standard InChI is InChI=1S/C16H16N2O2/c1-3-5-10-13(9-4-2)17-15(19)16(20)18-14-11-7-6-8-12-14/h3-12H,1-2H2,(H,17,19)(H,18,20)/b10-5-,13-9+. The molecule has 0 saturated heterocycles. The van der Waals surface area contributed by atoms with Crippen LogP contribution in [0.1, 0.15) is 0 Å². The molecule has 4 heteroatoms. The molecular weight excluding hydrogens is 252 g/mol. The normalized spacial score (nSPS) is 10.9. The van der Waals surface area contributed by atoms with Crippen molar-refractivity contribution in [3.05, 3.63) is 79.6 Å². The van der Waals surface area contributed by atoms with Gasteiger partial charge in [-0.1, -0.05) is 49.6 Å². The molecule has 0 saturated carbocycles. The first kappa shape index (κ1) is 15.2.